The van der Waals surface area contributed by atoms with Crippen LogP contribution in [-0.2, 0) is 4.74 Å². The van der Waals surface area contributed by atoms with Crippen LogP contribution in [0.4, 0.5) is 0 Å². The van der Waals surface area contributed by atoms with Crippen molar-refractivity contribution in [3.05, 3.63) is 36.4 Å². The molecule has 0 aliphatic rings. The number of carbonyl (C=O) groups is 1. The van der Waals surface area contributed by atoms with Crippen LogP contribution >= 0.6 is 0 Å². The van der Waals surface area contributed by atoms with Gasteiger partial charge in [-0.1, -0.05) is 6.08 Å². The van der Waals surface area contributed by atoms with Crippen LogP contribution in [0.15, 0.2) is 30.9 Å². The summed E-state index contributed by atoms with van der Waals surface area (Å²) in [4.78, 5) is 13.8. The number of methoxy groups -OCH3 is 2. The minimum atomic E-state index is -0.267. The highest BCUT2D eigenvalue weighted by molar-refractivity contribution is 5.97. The summed E-state index contributed by atoms with van der Waals surface area (Å²) >= 11 is 0. The van der Waals surface area contributed by atoms with Gasteiger partial charge in [0.1, 0.15) is 11.5 Å². The first kappa shape index (κ1) is 15.0. The molecule has 5 heteroatoms. The lowest BCUT2D eigenvalue weighted by Gasteiger charge is -2.21. The van der Waals surface area contributed by atoms with E-state index in [9.17, 15) is 9.90 Å². The molecule has 0 spiro atoms. The van der Waals surface area contributed by atoms with Gasteiger partial charge in [0.15, 0.2) is 0 Å². The normalized spacial score (nSPS) is 10.0. The number of phenols is 1. The zero-order chi connectivity index (χ0) is 14.3. The maximum Gasteiger partial charge on any atom is 0.257 e. The smallest absolute Gasteiger partial charge is 0.257 e. The average Bonchev–Trinajstić information content (AvgIpc) is 2.42. The second-order valence-electron chi connectivity index (χ2n) is 3.92. The number of rotatable bonds is 7. The Morgan fingerprint density at radius 3 is 2.74 bits per heavy atom. The van der Waals surface area contributed by atoms with E-state index in [0.29, 0.717) is 25.4 Å². The Labute approximate surface area is 113 Å². The van der Waals surface area contributed by atoms with E-state index in [4.69, 9.17) is 9.47 Å². The van der Waals surface area contributed by atoms with Gasteiger partial charge in [-0.05, 0) is 12.1 Å². The molecule has 0 aliphatic carbocycles. The van der Waals surface area contributed by atoms with Gasteiger partial charge < -0.3 is 19.5 Å². The van der Waals surface area contributed by atoms with Crippen molar-refractivity contribution >= 4 is 5.91 Å². The Hall–Kier alpha value is -2.01. The zero-order valence-electron chi connectivity index (χ0n) is 11.3. The van der Waals surface area contributed by atoms with Crippen LogP contribution in [0, 0.1) is 0 Å². The van der Waals surface area contributed by atoms with E-state index in [1.807, 2.05) is 0 Å². The highest BCUT2D eigenvalue weighted by Gasteiger charge is 2.18. The van der Waals surface area contributed by atoms with Crippen LogP contribution in [0.5, 0.6) is 11.5 Å². The maximum atomic E-state index is 12.3. The third kappa shape index (κ3) is 3.99. The number of amides is 1. The van der Waals surface area contributed by atoms with Crippen molar-refractivity contribution in [2.45, 2.75) is 0 Å². The van der Waals surface area contributed by atoms with Crippen LogP contribution in [0.25, 0.3) is 0 Å². The van der Waals surface area contributed by atoms with Crippen molar-refractivity contribution in [1.29, 1.82) is 0 Å². The van der Waals surface area contributed by atoms with Crippen molar-refractivity contribution in [2.24, 2.45) is 0 Å². The highest BCUT2D eigenvalue weighted by atomic mass is 16.5. The SMILES string of the molecule is C=CCN(CCOC)C(=O)c1ccc(OC)cc1O. The summed E-state index contributed by atoms with van der Waals surface area (Å²) in [5.74, 6) is 0.133. The molecular weight excluding hydrogens is 246 g/mol. The molecular formula is C14H19NO4. The van der Waals surface area contributed by atoms with Gasteiger partial charge >= 0.3 is 0 Å². The zero-order valence-corrected chi connectivity index (χ0v) is 11.3. The number of ether oxygens (including phenoxy) is 2. The van der Waals surface area contributed by atoms with Gasteiger partial charge in [-0.3, -0.25) is 4.79 Å². The molecule has 1 aromatic rings. The van der Waals surface area contributed by atoms with E-state index < -0.39 is 0 Å². The van der Waals surface area contributed by atoms with Gasteiger partial charge in [0.25, 0.3) is 5.91 Å². The van der Waals surface area contributed by atoms with Crippen LogP contribution < -0.4 is 4.74 Å². The van der Waals surface area contributed by atoms with Crippen LogP contribution in [0.3, 0.4) is 0 Å². The maximum absolute atomic E-state index is 12.3. The van der Waals surface area contributed by atoms with E-state index >= 15 is 0 Å². The summed E-state index contributed by atoms with van der Waals surface area (Å²) in [5.41, 5.74) is 0.235. The molecule has 1 rings (SSSR count). The summed E-state index contributed by atoms with van der Waals surface area (Å²) < 4.78 is 9.94. The first-order chi connectivity index (χ1) is 9.13. The number of carbonyl (C=O) groups excluding carboxylic acids is 1. The molecule has 0 aliphatic heterocycles. The average molecular weight is 265 g/mol. The van der Waals surface area contributed by atoms with Gasteiger partial charge in [0.2, 0.25) is 0 Å². The predicted octanol–water partition coefficient (Wildman–Crippen LogP) is 1.68. The lowest BCUT2D eigenvalue weighted by molar-refractivity contribution is 0.0715. The molecule has 0 saturated heterocycles. The fraction of sp³-hybridized carbons (Fsp3) is 0.357. The van der Waals surface area contributed by atoms with Gasteiger partial charge in [0, 0.05) is 26.3 Å². The van der Waals surface area contributed by atoms with E-state index in [1.165, 1.54) is 13.2 Å². The standard InChI is InChI=1S/C14H19NO4/c1-4-7-15(8-9-18-2)14(17)12-6-5-11(19-3)10-13(12)16/h4-6,10,16H,1,7-9H2,2-3H3. The fourth-order valence-electron chi connectivity index (χ4n) is 1.62. The van der Waals surface area contributed by atoms with Gasteiger partial charge in [-0.2, -0.15) is 0 Å². The van der Waals surface area contributed by atoms with Crippen molar-refractivity contribution < 1.29 is 19.4 Å². The van der Waals surface area contributed by atoms with E-state index in [0.717, 1.165) is 0 Å². The Kier molecular flexibility index (Phi) is 5.89. The molecule has 0 fully saturated rings. The number of hydrogen-bond acceptors (Lipinski definition) is 4. The number of benzene rings is 1. The third-order valence-corrected chi connectivity index (χ3v) is 2.64. The molecule has 104 valence electrons. The molecule has 0 saturated carbocycles. The predicted molar refractivity (Wildman–Crippen MR) is 72.6 cm³/mol. The molecule has 0 radical (unpaired) electrons. The summed E-state index contributed by atoms with van der Waals surface area (Å²) in [6.45, 7) is 4.88. The van der Waals surface area contributed by atoms with E-state index in [1.54, 1.807) is 30.2 Å². The Bertz CT molecular complexity index is 445. The number of aromatic hydroxyl groups is 1. The minimum Gasteiger partial charge on any atom is -0.507 e. The number of hydrogen-bond donors (Lipinski definition) is 1. The van der Waals surface area contributed by atoms with Gasteiger partial charge in [-0.25, -0.2) is 0 Å². The topological polar surface area (TPSA) is 59.0 Å². The first-order valence-corrected chi connectivity index (χ1v) is 5.90. The largest absolute Gasteiger partial charge is 0.507 e. The van der Waals surface area contributed by atoms with Crippen molar-refractivity contribution in [3.8, 4) is 11.5 Å². The second kappa shape index (κ2) is 7.43. The molecule has 0 atom stereocenters. The lowest BCUT2D eigenvalue weighted by Crippen LogP contribution is -2.34. The summed E-state index contributed by atoms with van der Waals surface area (Å²) in [6.07, 6.45) is 1.63. The molecule has 19 heavy (non-hydrogen) atoms. The molecule has 1 aromatic carbocycles. The summed E-state index contributed by atoms with van der Waals surface area (Å²) in [7, 11) is 3.07. The summed E-state index contributed by atoms with van der Waals surface area (Å²) in [6, 6.07) is 4.59. The fourth-order valence-corrected chi connectivity index (χ4v) is 1.62. The van der Waals surface area contributed by atoms with Crippen LogP contribution in [0.1, 0.15) is 10.4 Å². The van der Waals surface area contributed by atoms with Crippen LogP contribution in [-0.4, -0.2) is 49.8 Å². The highest BCUT2D eigenvalue weighted by Crippen LogP contribution is 2.24. The molecule has 5 nitrogen and oxygen atoms in total. The molecule has 0 unspecified atom stereocenters. The first-order valence-electron chi connectivity index (χ1n) is 5.90. The van der Waals surface area contributed by atoms with Crippen molar-refractivity contribution in [1.82, 2.24) is 4.90 Å². The molecule has 0 aromatic heterocycles. The number of phenolic OH excluding ortho intramolecular Hbond substituents is 1. The Balaban J connectivity index is 2.92. The van der Waals surface area contributed by atoms with E-state index in [-0.39, 0.29) is 17.2 Å². The Morgan fingerprint density at radius 2 is 2.21 bits per heavy atom. The minimum absolute atomic E-state index is 0.101. The van der Waals surface area contributed by atoms with Crippen molar-refractivity contribution in [3.63, 3.8) is 0 Å². The second-order valence-corrected chi connectivity index (χ2v) is 3.92. The summed E-state index contributed by atoms with van der Waals surface area (Å²) in [5, 5.41) is 9.85. The van der Waals surface area contributed by atoms with Crippen molar-refractivity contribution in [2.75, 3.05) is 33.9 Å². The lowest BCUT2D eigenvalue weighted by atomic mass is 10.1. The van der Waals surface area contributed by atoms with Gasteiger partial charge in [-0.15, -0.1) is 6.58 Å². The van der Waals surface area contributed by atoms with Crippen LogP contribution in [0.2, 0.25) is 0 Å². The molecule has 1 N–H and O–H groups in total. The van der Waals surface area contributed by atoms with E-state index in [2.05, 4.69) is 6.58 Å². The number of nitrogens with zero attached hydrogens (tertiary/aromatic N) is 1. The molecule has 0 bridgehead atoms. The molecule has 0 heterocycles. The third-order valence-electron chi connectivity index (χ3n) is 2.64. The Morgan fingerprint density at radius 1 is 1.47 bits per heavy atom. The monoisotopic (exact) mass is 265 g/mol. The van der Waals surface area contributed by atoms with Gasteiger partial charge in [0.05, 0.1) is 19.3 Å². The quantitative estimate of drug-likeness (QED) is 0.762. The molecule has 1 amide bonds.